The number of benzene rings is 1. The van der Waals surface area contributed by atoms with E-state index < -0.39 is 40.1 Å². The summed E-state index contributed by atoms with van der Waals surface area (Å²) < 4.78 is 30.5. The Morgan fingerprint density at radius 2 is 1.88 bits per heavy atom. The summed E-state index contributed by atoms with van der Waals surface area (Å²) in [4.78, 5) is 18.3. The lowest BCUT2D eigenvalue weighted by Gasteiger charge is -2.65. The largest absolute Gasteiger partial charge is 0.461 e. The van der Waals surface area contributed by atoms with E-state index in [0.29, 0.717) is 24.1 Å². The predicted molar refractivity (Wildman–Crippen MR) is 144 cm³/mol. The number of aliphatic imine (C=N–C) groups is 1. The highest BCUT2D eigenvalue weighted by Gasteiger charge is 2.90. The molecule has 0 amide bonds. The summed E-state index contributed by atoms with van der Waals surface area (Å²) in [7, 11) is 6.64. The lowest BCUT2D eigenvalue weighted by atomic mass is 9.44. The van der Waals surface area contributed by atoms with Gasteiger partial charge >= 0.3 is 5.97 Å². The minimum absolute atomic E-state index is 0.0584. The molecule has 7 rings (SSSR count). The molecule has 1 aromatic carbocycles. The van der Waals surface area contributed by atoms with Crippen molar-refractivity contribution in [3.05, 3.63) is 29.8 Å². The Bertz CT molecular complexity index is 1240. The Morgan fingerprint density at radius 3 is 2.55 bits per heavy atom. The van der Waals surface area contributed by atoms with Crippen molar-refractivity contribution in [2.75, 3.05) is 40.8 Å². The number of rotatable bonds is 7. The zero-order chi connectivity index (χ0) is 28.2. The summed E-state index contributed by atoms with van der Waals surface area (Å²) in [5.41, 5.74) is 2.09. The van der Waals surface area contributed by atoms with E-state index in [1.165, 1.54) is 0 Å². The molecule has 0 radical (unpaired) electrons. The third-order valence-electron chi connectivity index (χ3n) is 12.1. The topological polar surface area (TPSA) is 142 Å². The van der Waals surface area contributed by atoms with Gasteiger partial charge in [0.05, 0.1) is 36.0 Å². The maximum Gasteiger partial charge on any atom is 0.340 e. The quantitative estimate of drug-likeness (QED) is 0.336. The Kier molecular flexibility index (Phi) is 5.84. The van der Waals surface area contributed by atoms with Gasteiger partial charge in [0.25, 0.3) is 0 Å². The van der Waals surface area contributed by atoms with Crippen LogP contribution < -0.4 is 5.73 Å². The van der Waals surface area contributed by atoms with E-state index >= 15 is 0 Å². The molecule has 1 spiro atoms. The highest BCUT2D eigenvalue weighted by atomic mass is 16.5. The van der Waals surface area contributed by atoms with E-state index in [-0.39, 0.29) is 55.0 Å². The van der Waals surface area contributed by atoms with E-state index in [4.69, 9.17) is 34.4 Å². The zero-order valence-electron chi connectivity index (χ0n) is 23.5. The first-order chi connectivity index (χ1) is 19.2. The molecule has 1 heterocycles. The van der Waals surface area contributed by atoms with Gasteiger partial charge in [-0.25, -0.2) is 4.79 Å². The van der Waals surface area contributed by atoms with Crippen LogP contribution in [0.25, 0.3) is 0 Å². The smallest absolute Gasteiger partial charge is 0.340 e. The Morgan fingerprint density at radius 1 is 1.10 bits per heavy atom. The maximum absolute atomic E-state index is 13.2. The zero-order valence-corrected chi connectivity index (χ0v) is 23.5. The number of hydrogen-bond donors (Lipinski definition) is 3. The summed E-state index contributed by atoms with van der Waals surface area (Å²) >= 11 is 0. The van der Waals surface area contributed by atoms with Gasteiger partial charge in [0.2, 0.25) is 0 Å². The minimum atomic E-state index is -1.72. The molecule has 13 atom stereocenters. The Hall–Kier alpha value is -2.08. The monoisotopic (exact) mass is 556 g/mol. The van der Waals surface area contributed by atoms with Gasteiger partial charge in [-0.2, -0.15) is 0 Å². The third-order valence-corrected chi connectivity index (χ3v) is 12.1. The lowest BCUT2D eigenvalue weighted by Crippen LogP contribution is -2.77. The van der Waals surface area contributed by atoms with Crippen molar-refractivity contribution in [3.8, 4) is 0 Å². The van der Waals surface area contributed by atoms with Crippen LogP contribution in [0.4, 0.5) is 5.69 Å². The number of carbonyl (C=O) groups excluding carboxylic acids is 1. The number of nitrogens with zero attached hydrogens (tertiary/aromatic N) is 1. The van der Waals surface area contributed by atoms with Crippen molar-refractivity contribution in [1.82, 2.24) is 0 Å². The second kappa shape index (κ2) is 8.72. The number of fused-ring (bicyclic) bond motifs is 2. The SMILES string of the molecule is CO[C@H]1[C@@H]2C[C@@H]3[C@H]1[C@](O)(C[C@@H]2OC)[C@@]1(O)[C@@H](OC)[C@@H]2[C@]4(COC(=O)c5ccccc5N)C=N[C@H]1[C@]32[C@@H](OC)CC4. The van der Waals surface area contributed by atoms with Gasteiger partial charge in [0.15, 0.2) is 0 Å². The molecule has 6 aliphatic rings. The molecular weight excluding hydrogens is 516 g/mol. The number of para-hydroxylation sites is 1. The van der Waals surface area contributed by atoms with E-state index in [0.717, 1.165) is 6.42 Å². The van der Waals surface area contributed by atoms with Crippen LogP contribution in [0.3, 0.4) is 0 Å². The van der Waals surface area contributed by atoms with Gasteiger partial charge in [-0.3, -0.25) is 4.99 Å². The fourth-order valence-corrected chi connectivity index (χ4v) is 10.9. The van der Waals surface area contributed by atoms with Crippen molar-refractivity contribution < 1.29 is 38.7 Å². The lowest BCUT2D eigenvalue weighted by molar-refractivity contribution is -0.293. The Balaban J connectivity index is 1.38. The van der Waals surface area contributed by atoms with Crippen LogP contribution in [0.15, 0.2) is 29.3 Å². The van der Waals surface area contributed by atoms with Crippen LogP contribution in [0, 0.1) is 34.5 Å². The molecule has 0 saturated heterocycles. The van der Waals surface area contributed by atoms with Crippen LogP contribution in [0.2, 0.25) is 0 Å². The third kappa shape index (κ3) is 2.81. The van der Waals surface area contributed by atoms with Crippen LogP contribution in [-0.4, -0.2) is 99.1 Å². The number of hydrogen-bond acceptors (Lipinski definition) is 10. The number of anilines is 1. The molecule has 5 fully saturated rings. The predicted octanol–water partition coefficient (Wildman–Crippen LogP) is 1.47. The van der Waals surface area contributed by atoms with Gasteiger partial charge in [-0.15, -0.1) is 0 Å². The summed E-state index contributed by atoms with van der Waals surface area (Å²) in [6.07, 6.45) is 2.68. The van der Waals surface area contributed by atoms with Crippen LogP contribution in [0.5, 0.6) is 0 Å². The van der Waals surface area contributed by atoms with Crippen molar-refractivity contribution in [3.63, 3.8) is 0 Å². The average molecular weight is 557 g/mol. The summed E-state index contributed by atoms with van der Waals surface area (Å²) in [6, 6.07) is 6.20. The highest BCUT2D eigenvalue weighted by Crippen LogP contribution is 2.79. The van der Waals surface area contributed by atoms with Crippen LogP contribution in [-0.2, 0) is 23.7 Å². The standard InChI is InChI=1S/C30H40N2O8/c1-36-19-12-28(34)21-17(11-16(19)22(21)38-3)29-20(37-2)9-10-27(14-40-25(33)15-7-5-6-8-18(15)31)13-32-26(29)30(28,35)24(39-4)23(27)29/h5-8,13,16-17,19-24,26,34-35H,9-12,14,31H2,1-4H3/t16-,17-,19+,20+,21-,22+,23-,24+,26+,27+,28-,29+,30-/m1/s1. The van der Waals surface area contributed by atoms with E-state index in [1.54, 1.807) is 52.7 Å². The molecule has 218 valence electrons. The second-order valence-corrected chi connectivity index (χ2v) is 12.9. The van der Waals surface area contributed by atoms with Gasteiger partial charge in [0.1, 0.15) is 17.8 Å². The minimum Gasteiger partial charge on any atom is -0.461 e. The van der Waals surface area contributed by atoms with Crippen molar-refractivity contribution in [2.45, 2.75) is 67.3 Å². The number of esters is 1. The number of nitrogen functional groups attached to an aromatic ring is 1. The first kappa shape index (κ1) is 26.8. The molecule has 7 bridgehead atoms. The Labute approximate surface area is 234 Å². The number of nitrogens with two attached hydrogens (primary N) is 1. The number of carbonyl (C=O) groups is 1. The molecular formula is C30H40N2O8. The maximum atomic E-state index is 13.2. The van der Waals surface area contributed by atoms with Crippen molar-refractivity contribution >= 4 is 17.9 Å². The molecule has 1 aromatic rings. The molecule has 5 aliphatic carbocycles. The van der Waals surface area contributed by atoms with Gasteiger partial charge in [-0.05, 0) is 37.3 Å². The van der Waals surface area contributed by atoms with Gasteiger partial charge in [0, 0.05) is 75.3 Å². The number of ether oxygens (including phenoxy) is 5. The summed E-state index contributed by atoms with van der Waals surface area (Å²) in [6.45, 7) is 0.0584. The number of aliphatic hydroxyl groups is 2. The molecule has 4 N–H and O–H groups in total. The fraction of sp³-hybridized carbons (Fsp3) is 0.733. The summed E-state index contributed by atoms with van der Waals surface area (Å²) in [5, 5.41) is 25.7. The molecule has 10 heteroatoms. The molecule has 10 nitrogen and oxygen atoms in total. The van der Waals surface area contributed by atoms with Gasteiger partial charge < -0.3 is 39.6 Å². The highest BCUT2D eigenvalue weighted by molar-refractivity contribution is 5.95. The van der Waals surface area contributed by atoms with Crippen LogP contribution >= 0.6 is 0 Å². The van der Waals surface area contributed by atoms with Crippen molar-refractivity contribution in [1.29, 1.82) is 0 Å². The number of methoxy groups -OCH3 is 4. The van der Waals surface area contributed by atoms with Crippen molar-refractivity contribution in [2.24, 2.45) is 39.5 Å². The van der Waals surface area contributed by atoms with E-state index in [9.17, 15) is 15.0 Å². The fourth-order valence-electron chi connectivity index (χ4n) is 10.9. The molecule has 5 saturated carbocycles. The molecule has 1 aliphatic heterocycles. The second-order valence-electron chi connectivity index (χ2n) is 12.9. The molecule has 40 heavy (non-hydrogen) atoms. The van der Waals surface area contributed by atoms with E-state index in [1.807, 2.05) is 6.21 Å². The van der Waals surface area contributed by atoms with Crippen LogP contribution in [0.1, 0.15) is 36.0 Å². The summed E-state index contributed by atoms with van der Waals surface area (Å²) in [5.74, 6) is -1.15. The molecule has 0 unspecified atom stereocenters. The average Bonchev–Trinajstić information content (AvgIpc) is 3.36. The first-order valence-electron chi connectivity index (χ1n) is 14.3. The first-order valence-corrected chi connectivity index (χ1v) is 14.3. The normalized spacial score (nSPS) is 51.1. The molecule has 0 aromatic heterocycles. The van der Waals surface area contributed by atoms with Gasteiger partial charge in [-0.1, -0.05) is 12.1 Å². The van der Waals surface area contributed by atoms with E-state index in [2.05, 4.69) is 0 Å².